The molecule has 1 aromatic carbocycles. The van der Waals surface area contributed by atoms with E-state index in [4.69, 9.17) is 4.74 Å². The second-order valence-electron chi connectivity index (χ2n) is 5.58. The first-order valence-electron chi connectivity index (χ1n) is 7.54. The van der Waals surface area contributed by atoms with Gasteiger partial charge in [0.05, 0.1) is 12.8 Å². The molecule has 0 unspecified atom stereocenters. The van der Waals surface area contributed by atoms with E-state index in [1.807, 2.05) is 41.1 Å². The molecule has 4 rings (SSSR count). The van der Waals surface area contributed by atoms with Gasteiger partial charge in [-0.2, -0.15) is 0 Å². The molecule has 0 atom stereocenters. The van der Waals surface area contributed by atoms with Crippen molar-refractivity contribution in [3.8, 4) is 11.4 Å². The topological polar surface area (TPSA) is 48.5 Å². The largest absolute Gasteiger partial charge is 0.497 e. The van der Waals surface area contributed by atoms with Gasteiger partial charge in [0.1, 0.15) is 5.75 Å². The maximum Gasteiger partial charge on any atom is 0.298 e. The van der Waals surface area contributed by atoms with E-state index in [-0.39, 0.29) is 5.56 Å². The molecule has 5 nitrogen and oxygen atoms in total. The number of methoxy groups -OCH3 is 1. The molecule has 0 amide bonds. The van der Waals surface area contributed by atoms with Crippen molar-refractivity contribution in [3.63, 3.8) is 0 Å². The van der Waals surface area contributed by atoms with E-state index < -0.39 is 0 Å². The zero-order valence-corrected chi connectivity index (χ0v) is 12.5. The Hall–Kier alpha value is -2.56. The average Bonchev–Trinajstić information content (AvgIpc) is 2.95. The fourth-order valence-corrected chi connectivity index (χ4v) is 3.13. The lowest BCUT2D eigenvalue weighted by Gasteiger charge is -2.10. The third kappa shape index (κ3) is 1.93. The summed E-state index contributed by atoms with van der Waals surface area (Å²) in [5.74, 6) is 0.772. The number of ether oxygens (including phenoxy) is 1. The van der Waals surface area contributed by atoms with Crippen LogP contribution in [0.3, 0.4) is 0 Å². The minimum absolute atomic E-state index is 0.0814. The van der Waals surface area contributed by atoms with Gasteiger partial charge in [0.2, 0.25) is 5.65 Å². The van der Waals surface area contributed by atoms with Crippen LogP contribution in [0.1, 0.15) is 24.2 Å². The van der Waals surface area contributed by atoms with Crippen molar-refractivity contribution in [2.24, 2.45) is 0 Å². The quantitative estimate of drug-likeness (QED) is 0.729. The summed E-state index contributed by atoms with van der Waals surface area (Å²) in [4.78, 5) is 17.3. The van der Waals surface area contributed by atoms with Gasteiger partial charge in [0, 0.05) is 23.8 Å². The van der Waals surface area contributed by atoms with E-state index in [0.717, 1.165) is 36.4 Å². The number of aromatic nitrogens is 3. The van der Waals surface area contributed by atoms with E-state index in [1.165, 1.54) is 12.1 Å². The van der Waals surface area contributed by atoms with Crippen molar-refractivity contribution in [2.75, 3.05) is 7.11 Å². The molecule has 22 heavy (non-hydrogen) atoms. The third-order valence-electron chi connectivity index (χ3n) is 4.30. The molecule has 2 aromatic heterocycles. The normalized spacial score (nSPS) is 14.0. The van der Waals surface area contributed by atoms with Crippen molar-refractivity contribution in [1.82, 2.24) is 14.0 Å². The van der Waals surface area contributed by atoms with Crippen LogP contribution in [-0.4, -0.2) is 21.1 Å². The zero-order chi connectivity index (χ0) is 15.1. The number of fused-ring (bicyclic) bond motifs is 3. The lowest BCUT2D eigenvalue weighted by molar-refractivity contribution is 0.414. The molecule has 0 aliphatic heterocycles. The highest BCUT2D eigenvalue weighted by Gasteiger charge is 2.18. The van der Waals surface area contributed by atoms with E-state index >= 15 is 0 Å². The Kier molecular flexibility index (Phi) is 2.99. The molecule has 0 fully saturated rings. The van der Waals surface area contributed by atoms with Crippen LogP contribution in [0.5, 0.6) is 5.75 Å². The number of hydrogen-bond donors (Lipinski definition) is 0. The Morgan fingerprint density at radius 2 is 1.86 bits per heavy atom. The number of imidazole rings is 1. The summed E-state index contributed by atoms with van der Waals surface area (Å²) in [5, 5.41) is 0. The first kappa shape index (κ1) is 13.1. The van der Waals surface area contributed by atoms with Crippen molar-refractivity contribution < 1.29 is 4.74 Å². The van der Waals surface area contributed by atoms with Crippen LogP contribution in [0.25, 0.3) is 11.3 Å². The minimum Gasteiger partial charge on any atom is -0.497 e. The molecule has 0 saturated heterocycles. The Morgan fingerprint density at radius 3 is 2.64 bits per heavy atom. The van der Waals surface area contributed by atoms with Gasteiger partial charge in [-0.3, -0.25) is 13.8 Å². The van der Waals surface area contributed by atoms with Crippen molar-refractivity contribution >= 4 is 5.65 Å². The molecule has 0 spiro atoms. The standard InChI is InChI=1S/C17H17N3O2/c1-22-13-8-6-12(7-9-13)19-10-11-20-15-5-3-2-4-14(15)18-16(20)17(19)21/h6-11H,2-5H2,1H3. The second-order valence-corrected chi connectivity index (χ2v) is 5.58. The number of nitrogens with zero attached hydrogens (tertiary/aromatic N) is 3. The highest BCUT2D eigenvalue weighted by Crippen LogP contribution is 2.21. The molecule has 5 heteroatoms. The maximum atomic E-state index is 12.7. The van der Waals surface area contributed by atoms with Crippen LogP contribution in [-0.2, 0) is 12.8 Å². The fourth-order valence-electron chi connectivity index (χ4n) is 3.13. The summed E-state index contributed by atoms with van der Waals surface area (Å²) in [7, 11) is 1.63. The van der Waals surface area contributed by atoms with Gasteiger partial charge < -0.3 is 4.74 Å². The van der Waals surface area contributed by atoms with Crippen LogP contribution < -0.4 is 10.3 Å². The molecular formula is C17H17N3O2. The van der Waals surface area contributed by atoms with Gasteiger partial charge in [0.15, 0.2) is 0 Å². The van der Waals surface area contributed by atoms with Gasteiger partial charge >= 0.3 is 0 Å². The molecule has 0 bridgehead atoms. The number of hydrogen-bond acceptors (Lipinski definition) is 3. The Morgan fingerprint density at radius 1 is 1.09 bits per heavy atom. The van der Waals surface area contributed by atoms with Crippen molar-refractivity contribution in [1.29, 1.82) is 0 Å². The lowest BCUT2D eigenvalue weighted by atomic mass is 10.0. The third-order valence-corrected chi connectivity index (χ3v) is 4.30. The minimum atomic E-state index is -0.0814. The molecule has 112 valence electrons. The number of benzene rings is 1. The predicted molar refractivity (Wildman–Crippen MR) is 84.0 cm³/mol. The Labute approximate surface area is 127 Å². The predicted octanol–water partition coefficient (Wildman–Crippen LogP) is 2.37. The summed E-state index contributed by atoms with van der Waals surface area (Å²) in [5.41, 5.74) is 3.53. The van der Waals surface area contributed by atoms with E-state index in [9.17, 15) is 4.79 Å². The van der Waals surface area contributed by atoms with Crippen molar-refractivity contribution in [2.45, 2.75) is 25.7 Å². The van der Waals surface area contributed by atoms with Gasteiger partial charge in [-0.15, -0.1) is 0 Å². The lowest BCUT2D eigenvalue weighted by Crippen LogP contribution is -2.20. The SMILES string of the molecule is COc1ccc(-n2ccn3c4c(nc3c2=O)CCCC4)cc1. The van der Waals surface area contributed by atoms with Crippen molar-refractivity contribution in [3.05, 3.63) is 58.4 Å². The Balaban J connectivity index is 1.88. The molecule has 1 aliphatic rings. The number of rotatable bonds is 2. The highest BCUT2D eigenvalue weighted by atomic mass is 16.5. The smallest absolute Gasteiger partial charge is 0.298 e. The summed E-state index contributed by atoms with van der Waals surface area (Å²) in [6.07, 6.45) is 8.05. The summed E-state index contributed by atoms with van der Waals surface area (Å²) in [6, 6.07) is 7.45. The van der Waals surface area contributed by atoms with Gasteiger partial charge in [-0.1, -0.05) is 0 Å². The number of aryl methyl sites for hydroxylation is 2. The molecule has 3 aromatic rings. The van der Waals surface area contributed by atoms with Crippen LogP contribution in [0, 0.1) is 0 Å². The zero-order valence-electron chi connectivity index (χ0n) is 12.5. The Bertz CT molecular complexity index is 891. The van der Waals surface area contributed by atoms with E-state index in [1.54, 1.807) is 11.7 Å². The summed E-state index contributed by atoms with van der Waals surface area (Å²) >= 11 is 0. The van der Waals surface area contributed by atoms with Gasteiger partial charge in [-0.05, 0) is 49.9 Å². The highest BCUT2D eigenvalue weighted by molar-refractivity contribution is 5.46. The molecule has 1 aliphatic carbocycles. The summed E-state index contributed by atoms with van der Waals surface area (Å²) < 4.78 is 8.74. The van der Waals surface area contributed by atoms with E-state index in [2.05, 4.69) is 4.98 Å². The average molecular weight is 295 g/mol. The van der Waals surface area contributed by atoms with Crippen LogP contribution in [0.4, 0.5) is 0 Å². The molecule has 2 heterocycles. The maximum absolute atomic E-state index is 12.7. The second kappa shape index (κ2) is 5.02. The van der Waals surface area contributed by atoms with Crippen LogP contribution >= 0.6 is 0 Å². The van der Waals surface area contributed by atoms with Crippen LogP contribution in [0.2, 0.25) is 0 Å². The fraction of sp³-hybridized carbons (Fsp3) is 0.294. The van der Waals surface area contributed by atoms with Gasteiger partial charge in [0.25, 0.3) is 5.56 Å². The van der Waals surface area contributed by atoms with Crippen LogP contribution in [0.15, 0.2) is 41.5 Å². The molecule has 0 N–H and O–H groups in total. The summed E-state index contributed by atoms with van der Waals surface area (Å²) in [6.45, 7) is 0. The first-order valence-corrected chi connectivity index (χ1v) is 7.54. The molecule has 0 saturated carbocycles. The van der Waals surface area contributed by atoms with Gasteiger partial charge in [-0.25, -0.2) is 4.98 Å². The monoisotopic (exact) mass is 295 g/mol. The molecule has 0 radical (unpaired) electrons. The first-order chi connectivity index (χ1) is 10.8. The molecular weight excluding hydrogens is 278 g/mol. The van der Waals surface area contributed by atoms with E-state index in [0.29, 0.717) is 5.65 Å².